The SMILES string of the molecule is N=C(N)c1cc(NS(=O)(=O)CCCC(F)(F)F)ccc1F. The fourth-order valence-electron chi connectivity index (χ4n) is 1.49. The third-order valence-corrected chi connectivity index (χ3v) is 3.78. The van der Waals surface area contributed by atoms with E-state index in [0.717, 1.165) is 18.2 Å². The molecule has 0 aliphatic rings. The molecule has 0 heterocycles. The Bertz CT molecular complexity index is 629. The Hall–Kier alpha value is -1.84. The summed E-state index contributed by atoms with van der Waals surface area (Å²) in [7, 11) is -4.00. The molecule has 1 rings (SSSR count). The van der Waals surface area contributed by atoms with Gasteiger partial charge in [-0.3, -0.25) is 10.1 Å². The number of nitrogens with two attached hydrogens (primary N) is 1. The van der Waals surface area contributed by atoms with E-state index in [1.165, 1.54) is 0 Å². The maximum atomic E-state index is 13.3. The molecule has 0 atom stereocenters. The van der Waals surface area contributed by atoms with Gasteiger partial charge in [-0.15, -0.1) is 0 Å². The molecule has 0 spiro atoms. The summed E-state index contributed by atoms with van der Waals surface area (Å²) in [5.41, 5.74) is 4.74. The molecule has 1 aromatic carbocycles. The molecule has 0 saturated carbocycles. The zero-order valence-corrected chi connectivity index (χ0v) is 11.5. The highest BCUT2D eigenvalue weighted by Gasteiger charge is 2.27. The van der Waals surface area contributed by atoms with Crippen LogP contribution in [0.2, 0.25) is 0 Å². The lowest BCUT2D eigenvalue weighted by molar-refractivity contribution is -0.134. The third-order valence-electron chi connectivity index (χ3n) is 2.40. The number of alkyl halides is 3. The lowest BCUT2D eigenvalue weighted by Crippen LogP contribution is -2.20. The summed E-state index contributed by atoms with van der Waals surface area (Å²) in [6, 6.07) is 2.99. The van der Waals surface area contributed by atoms with E-state index < -0.39 is 46.4 Å². The van der Waals surface area contributed by atoms with Crippen molar-refractivity contribution in [2.24, 2.45) is 5.73 Å². The standard InChI is InChI=1S/C11H13F4N3O2S/c12-9-3-2-7(6-8(9)10(16)17)18-21(19,20)5-1-4-11(13,14)15/h2-3,6,18H,1,4-5H2,(H3,16,17). The zero-order chi connectivity index (χ0) is 16.3. The molecule has 4 N–H and O–H groups in total. The smallest absolute Gasteiger partial charge is 0.384 e. The number of halogens is 4. The van der Waals surface area contributed by atoms with E-state index >= 15 is 0 Å². The van der Waals surface area contributed by atoms with Crippen LogP contribution in [0.15, 0.2) is 18.2 Å². The molecule has 21 heavy (non-hydrogen) atoms. The number of nitrogen functional groups attached to an aromatic ring is 1. The Labute approximate surface area is 118 Å². The molecule has 118 valence electrons. The van der Waals surface area contributed by atoms with E-state index in [2.05, 4.69) is 0 Å². The van der Waals surface area contributed by atoms with Gasteiger partial charge in [-0.25, -0.2) is 12.8 Å². The molecular formula is C11H13F4N3O2S. The van der Waals surface area contributed by atoms with Gasteiger partial charge in [-0.05, 0) is 24.6 Å². The van der Waals surface area contributed by atoms with Crippen molar-refractivity contribution < 1.29 is 26.0 Å². The molecule has 1 aromatic rings. The van der Waals surface area contributed by atoms with Gasteiger partial charge in [0.1, 0.15) is 11.7 Å². The molecule has 0 aromatic heterocycles. The van der Waals surface area contributed by atoms with Crippen LogP contribution in [-0.4, -0.2) is 26.2 Å². The maximum Gasteiger partial charge on any atom is 0.389 e. The number of hydrogen-bond acceptors (Lipinski definition) is 3. The zero-order valence-electron chi connectivity index (χ0n) is 10.7. The predicted molar refractivity (Wildman–Crippen MR) is 70.1 cm³/mol. The second-order valence-corrected chi connectivity index (χ2v) is 6.09. The van der Waals surface area contributed by atoms with Crippen LogP contribution in [0.3, 0.4) is 0 Å². The predicted octanol–water partition coefficient (Wildman–Crippen LogP) is 2.19. The van der Waals surface area contributed by atoms with Crippen molar-refractivity contribution in [1.29, 1.82) is 5.41 Å². The fourth-order valence-corrected chi connectivity index (χ4v) is 2.60. The molecule has 0 saturated heterocycles. The summed E-state index contributed by atoms with van der Waals surface area (Å²) in [5, 5.41) is 7.12. The molecule has 5 nitrogen and oxygen atoms in total. The van der Waals surface area contributed by atoms with Crippen LogP contribution < -0.4 is 10.5 Å². The van der Waals surface area contributed by atoms with Crippen molar-refractivity contribution in [3.8, 4) is 0 Å². The first-order valence-electron chi connectivity index (χ1n) is 5.71. The van der Waals surface area contributed by atoms with Crippen molar-refractivity contribution in [2.45, 2.75) is 19.0 Å². The first-order valence-corrected chi connectivity index (χ1v) is 7.36. The van der Waals surface area contributed by atoms with Crippen molar-refractivity contribution in [3.05, 3.63) is 29.6 Å². The van der Waals surface area contributed by atoms with Gasteiger partial charge in [-0.2, -0.15) is 13.2 Å². The Morgan fingerprint density at radius 3 is 2.48 bits per heavy atom. The van der Waals surface area contributed by atoms with Crippen LogP contribution in [0.5, 0.6) is 0 Å². The normalized spacial score (nSPS) is 12.2. The third kappa shape index (κ3) is 5.98. The minimum Gasteiger partial charge on any atom is -0.384 e. The lowest BCUT2D eigenvalue weighted by atomic mass is 10.2. The molecule has 0 aliphatic heterocycles. The number of benzene rings is 1. The molecule has 0 amide bonds. The number of rotatable bonds is 6. The molecule has 10 heteroatoms. The summed E-state index contributed by atoms with van der Waals surface area (Å²) in [6.45, 7) is 0. The minimum absolute atomic E-state index is 0.0754. The summed E-state index contributed by atoms with van der Waals surface area (Å²) < 4.78 is 74.3. The number of sulfonamides is 1. The summed E-state index contributed by atoms with van der Waals surface area (Å²) in [6.07, 6.45) is -6.22. The van der Waals surface area contributed by atoms with E-state index in [4.69, 9.17) is 11.1 Å². The van der Waals surface area contributed by atoms with Crippen LogP contribution in [0.25, 0.3) is 0 Å². The van der Waals surface area contributed by atoms with Gasteiger partial charge in [-0.1, -0.05) is 0 Å². The Morgan fingerprint density at radius 2 is 1.95 bits per heavy atom. The van der Waals surface area contributed by atoms with Gasteiger partial charge >= 0.3 is 6.18 Å². The van der Waals surface area contributed by atoms with Crippen molar-refractivity contribution in [3.63, 3.8) is 0 Å². The van der Waals surface area contributed by atoms with Gasteiger partial charge in [0.05, 0.1) is 11.3 Å². The lowest BCUT2D eigenvalue weighted by Gasteiger charge is -2.10. The van der Waals surface area contributed by atoms with Crippen molar-refractivity contribution >= 4 is 21.5 Å². The Balaban J connectivity index is 2.76. The number of anilines is 1. The second-order valence-electron chi connectivity index (χ2n) is 4.25. The maximum absolute atomic E-state index is 13.3. The molecule has 0 radical (unpaired) electrons. The summed E-state index contributed by atoms with van der Waals surface area (Å²) in [5.74, 6) is -2.12. The highest BCUT2D eigenvalue weighted by molar-refractivity contribution is 7.92. The monoisotopic (exact) mass is 327 g/mol. The van der Waals surface area contributed by atoms with E-state index in [9.17, 15) is 26.0 Å². The van der Waals surface area contributed by atoms with Crippen molar-refractivity contribution in [2.75, 3.05) is 10.5 Å². The van der Waals surface area contributed by atoms with E-state index in [1.54, 1.807) is 0 Å². The largest absolute Gasteiger partial charge is 0.389 e. The molecule has 0 fully saturated rings. The van der Waals surface area contributed by atoms with Gasteiger partial charge < -0.3 is 5.73 Å². The number of amidine groups is 1. The highest BCUT2D eigenvalue weighted by Crippen LogP contribution is 2.22. The average molecular weight is 327 g/mol. The molecular weight excluding hydrogens is 314 g/mol. The first-order chi connectivity index (χ1) is 9.50. The van der Waals surface area contributed by atoms with E-state index in [0.29, 0.717) is 0 Å². The van der Waals surface area contributed by atoms with Crippen LogP contribution in [0.1, 0.15) is 18.4 Å². The second kappa shape index (κ2) is 6.29. The minimum atomic E-state index is -4.42. The summed E-state index contributed by atoms with van der Waals surface area (Å²) in [4.78, 5) is 0. The van der Waals surface area contributed by atoms with Crippen LogP contribution >= 0.6 is 0 Å². The number of hydrogen-bond donors (Lipinski definition) is 3. The quantitative estimate of drug-likeness (QED) is 0.424. The van der Waals surface area contributed by atoms with Gasteiger partial charge in [0, 0.05) is 12.1 Å². The van der Waals surface area contributed by atoms with Gasteiger partial charge in [0.15, 0.2) is 0 Å². The Kier molecular flexibility index (Phi) is 5.15. The van der Waals surface area contributed by atoms with Crippen molar-refractivity contribution in [1.82, 2.24) is 0 Å². The molecule has 0 unspecified atom stereocenters. The Morgan fingerprint density at radius 1 is 1.33 bits per heavy atom. The van der Waals surface area contributed by atoms with Crippen LogP contribution in [0.4, 0.5) is 23.2 Å². The van der Waals surface area contributed by atoms with Crippen LogP contribution in [0, 0.1) is 11.2 Å². The molecule has 0 aliphatic carbocycles. The summed E-state index contributed by atoms with van der Waals surface area (Å²) >= 11 is 0. The molecule has 0 bridgehead atoms. The van der Waals surface area contributed by atoms with Gasteiger partial charge in [0.2, 0.25) is 10.0 Å². The first kappa shape index (κ1) is 17.2. The van der Waals surface area contributed by atoms with Gasteiger partial charge in [0.25, 0.3) is 0 Å². The fraction of sp³-hybridized carbons (Fsp3) is 0.364. The van der Waals surface area contributed by atoms with E-state index in [-0.39, 0.29) is 11.3 Å². The topological polar surface area (TPSA) is 96.0 Å². The average Bonchev–Trinajstić information content (AvgIpc) is 2.28. The van der Waals surface area contributed by atoms with Crippen LogP contribution in [-0.2, 0) is 10.0 Å². The highest BCUT2D eigenvalue weighted by atomic mass is 32.2. The van der Waals surface area contributed by atoms with E-state index in [1.807, 2.05) is 4.72 Å². The number of nitrogens with one attached hydrogen (secondary N) is 2.